The minimum Gasteiger partial charge on any atom is -0.479 e. The maximum Gasteiger partial charge on any atom is 0.330 e. The molecule has 0 heterocycles. The molecule has 2 aromatic carbocycles. The summed E-state index contributed by atoms with van der Waals surface area (Å²) in [6.07, 6.45) is 0. The van der Waals surface area contributed by atoms with Crippen molar-refractivity contribution in [3.8, 4) is 0 Å². The summed E-state index contributed by atoms with van der Waals surface area (Å²) in [6, 6.07) is 12.1. The molecule has 0 aliphatic carbocycles. The number of hydrogen-bond donors (Lipinski definition) is 2. The highest BCUT2D eigenvalue weighted by molar-refractivity contribution is 5.80. The fourth-order valence-electron chi connectivity index (χ4n) is 2.00. The number of nitrogens with zero attached hydrogens (tertiary/aromatic N) is 1. The normalized spacial score (nSPS) is 11.7. The molecule has 21 heavy (non-hydrogen) atoms. The van der Waals surface area contributed by atoms with E-state index in [0.717, 1.165) is 5.56 Å². The van der Waals surface area contributed by atoms with Gasteiger partial charge in [0, 0.05) is 6.07 Å². The maximum absolute atomic E-state index is 11.4. The van der Waals surface area contributed by atoms with Gasteiger partial charge in [-0.2, -0.15) is 0 Å². The van der Waals surface area contributed by atoms with E-state index >= 15 is 0 Å². The molecular weight excluding hydrogens is 272 g/mol. The van der Waals surface area contributed by atoms with E-state index in [4.69, 9.17) is 0 Å². The lowest BCUT2D eigenvalue weighted by Crippen LogP contribution is -2.21. The van der Waals surface area contributed by atoms with Crippen molar-refractivity contribution in [1.82, 2.24) is 0 Å². The summed E-state index contributed by atoms with van der Waals surface area (Å²) in [4.78, 5) is 22.0. The number of nitro groups is 1. The molecule has 2 aromatic rings. The molecule has 0 aliphatic heterocycles. The van der Waals surface area contributed by atoms with Crippen molar-refractivity contribution in [1.29, 1.82) is 0 Å². The van der Waals surface area contributed by atoms with Gasteiger partial charge in [0.2, 0.25) is 0 Å². The maximum atomic E-state index is 11.4. The SMILES string of the molecule is Cc1ccc(NC(C(=O)O)c2ccccc2)c([N+](=O)[O-])c1. The highest BCUT2D eigenvalue weighted by atomic mass is 16.6. The molecule has 0 amide bonds. The first kappa shape index (κ1) is 14.5. The fraction of sp³-hybridized carbons (Fsp3) is 0.133. The lowest BCUT2D eigenvalue weighted by atomic mass is 10.1. The molecule has 108 valence electrons. The molecule has 6 heteroatoms. The first-order valence-corrected chi connectivity index (χ1v) is 6.28. The van der Waals surface area contributed by atoms with E-state index in [0.29, 0.717) is 5.56 Å². The molecule has 0 radical (unpaired) electrons. The molecule has 0 saturated heterocycles. The molecule has 1 atom stereocenters. The van der Waals surface area contributed by atoms with Gasteiger partial charge in [-0.15, -0.1) is 0 Å². The number of hydrogen-bond acceptors (Lipinski definition) is 4. The molecule has 1 unspecified atom stereocenters. The number of carboxylic acid groups (broad SMARTS) is 1. The Hall–Kier alpha value is -2.89. The van der Waals surface area contributed by atoms with E-state index in [9.17, 15) is 20.0 Å². The van der Waals surface area contributed by atoms with E-state index in [1.54, 1.807) is 43.3 Å². The number of nitro benzene ring substituents is 1. The van der Waals surface area contributed by atoms with Gasteiger partial charge in [-0.1, -0.05) is 36.4 Å². The van der Waals surface area contributed by atoms with Crippen LogP contribution in [0.3, 0.4) is 0 Å². The predicted octanol–water partition coefficient (Wildman–Crippen LogP) is 3.14. The number of carboxylic acids is 1. The van der Waals surface area contributed by atoms with Crippen molar-refractivity contribution in [3.05, 3.63) is 69.8 Å². The number of nitrogens with one attached hydrogen (secondary N) is 1. The molecule has 0 aromatic heterocycles. The van der Waals surface area contributed by atoms with Crippen molar-refractivity contribution in [2.24, 2.45) is 0 Å². The summed E-state index contributed by atoms with van der Waals surface area (Å²) in [5, 5.41) is 23.2. The number of carbonyl (C=O) groups is 1. The zero-order valence-electron chi connectivity index (χ0n) is 11.3. The van der Waals surface area contributed by atoms with Crippen molar-refractivity contribution in [2.75, 3.05) is 5.32 Å². The third kappa shape index (κ3) is 3.36. The van der Waals surface area contributed by atoms with Gasteiger partial charge in [-0.05, 0) is 24.1 Å². The Morgan fingerprint density at radius 3 is 2.48 bits per heavy atom. The Labute approximate surface area is 121 Å². The number of rotatable bonds is 5. The van der Waals surface area contributed by atoms with E-state index in [1.165, 1.54) is 12.1 Å². The van der Waals surface area contributed by atoms with Gasteiger partial charge in [0.1, 0.15) is 5.69 Å². The minimum atomic E-state index is -1.10. The number of aliphatic carboxylic acids is 1. The summed E-state index contributed by atoms with van der Waals surface area (Å²) < 4.78 is 0. The van der Waals surface area contributed by atoms with E-state index < -0.39 is 16.9 Å². The zero-order chi connectivity index (χ0) is 15.4. The molecule has 0 bridgehead atoms. The van der Waals surface area contributed by atoms with E-state index in [1.807, 2.05) is 0 Å². The van der Waals surface area contributed by atoms with Gasteiger partial charge < -0.3 is 10.4 Å². The second-order valence-electron chi connectivity index (χ2n) is 4.60. The highest BCUT2D eigenvalue weighted by Crippen LogP contribution is 2.29. The van der Waals surface area contributed by atoms with Gasteiger partial charge in [0.05, 0.1) is 4.92 Å². The van der Waals surface area contributed by atoms with Crippen LogP contribution in [-0.2, 0) is 4.79 Å². The van der Waals surface area contributed by atoms with Gasteiger partial charge in [0.15, 0.2) is 6.04 Å². The quantitative estimate of drug-likeness (QED) is 0.650. The lowest BCUT2D eigenvalue weighted by Gasteiger charge is -2.16. The van der Waals surface area contributed by atoms with Crippen LogP contribution >= 0.6 is 0 Å². The molecule has 0 spiro atoms. The summed E-state index contributed by atoms with van der Waals surface area (Å²) in [5.74, 6) is -1.10. The molecule has 0 fully saturated rings. The Morgan fingerprint density at radius 1 is 1.24 bits per heavy atom. The first-order chi connectivity index (χ1) is 9.99. The largest absolute Gasteiger partial charge is 0.479 e. The second kappa shape index (κ2) is 6.04. The standard InChI is InChI=1S/C15H14N2O4/c1-10-7-8-12(13(9-10)17(20)21)16-14(15(18)19)11-5-3-2-4-6-11/h2-9,14,16H,1H3,(H,18,19). The predicted molar refractivity (Wildman–Crippen MR) is 78.3 cm³/mol. The summed E-state index contributed by atoms with van der Waals surface area (Å²) in [7, 11) is 0. The summed E-state index contributed by atoms with van der Waals surface area (Å²) >= 11 is 0. The topological polar surface area (TPSA) is 92.5 Å². The minimum absolute atomic E-state index is 0.141. The van der Waals surface area contributed by atoms with Gasteiger partial charge in [0.25, 0.3) is 5.69 Å². The fourth-order valence-corrected chi connectivity index (χ4v) is 2.00. The Morgan fingerprint density at radius 2 is 1.90 bits per heavy atom. The van der Waals surface area contributed by atoms with Crippen LogP contribution in [0.5, 0.6) is 0 Å². The van der Waals surface area contributed by atoms with Crippen LogP contribution in [0.1, 0.15) is 17.2 Å². The van der Waals surface area contributed by atoms with Gasteiger partial charge in [-0.3, -0.25) is 10.1 Å². The molecule has 0 aliphatic rings. The van der Waals surface area contributed by atoms with Crippen LogP contribution in [0.15, 0.2) is 48.5 Å². The molecule has 2 rings (SSSR count). The smallest absolute Gasteiger partial charge is 0.330 e. The lowest BCUT2D eigenvalue weighted by molar-refractivity contribution is -0.384. The number of anilines is 1. The van der Waals surface area contributed by atoms with Gasteiger partial charge >= 0.3 is 5.97 Å². The van der Waals surface area contributed by atoms with Crippen LogP contribution in [-0.4, -0.2) is 16.0 Å². The van der Waals surface area contributed by atoms with Crippen LogP contribution in [0.25, 0.3) is 0 Å². The summed E-state index contributed by atoms with van der Waals surface area (Å²) in [5.41, 5.74) is 1.30. The van der Waals surface area contributed by atoms with E-state index in [-0.39, 0.29) is 11.4 Å². The average Bonchev–Trinajstić information content (AvgIpc) is 2.46. The van der Waals surface area contributed by atoms with Crippen molar-refractivity contribution in [3.63, 3.8) is 0 Å². The molecule has 6 nitrogen and oxygen atoms in total. The average molecular weight is 286 g/mol. The van der Waals surface area contributed by atoms with Crippen LogP contribution in [0, 0.1) is 17.0 Å². The van der Waals surface area contributed by atoms with Crippen molar-refractivity contribution in [2.45, 2.75) is 13.0 Å². The Kier molecular flexibility index (Phi) is 4.18. The van der Waals surface area contributed by atoms with Crippen molar-refractivity contribution >= 4 is 17.3 Å². The third-order valence-electron chi connectivity index (χ3n) is 3.03. The second-order valence-corrected chi connectivity index (χ2v) is 4.60. The van der Waals surface area contributed by atoms with Crippen LogP contribution < -0.4 is 5.32 Å². The zero-order valence-corrected chi connectivity index (χ0v) is 11.3. The van der Waals surface area contributed by atoms with Gasteiger partial charge in [-0.25, -0.2) is 4.79 Å². The highest BCUT2D eigenvalue weighted by Gasteiger charge is 2.23. The molecule has 2 N–H and O–H groups in total. The number of aryl methyl sites for hydroxylation is 1. The monoisotopic (exact) mass is 286 g/mol. The van der Waals surface area contributed by atoms with Crippen LogP contribution in [0.4, 0.5) is 11.4 Å². The number of benzene rings is 2. The summed E-state index contributed by atoms with van der Waals surface area (Å²) in [6.45, 7) is 1.74. The van der Waals surface area contributed by atoms with Crippen LogP contribution in [0.2, 0.25) is 0 Å². The molecular formula is C15H14N2O4. The molecule has 0 saturated carbocycles. The Balaban J connectivity index is 2.39. The third-order valence-corrected chi connectivity index (χ3v) is 3.03. The van der Waals surface area contributed by atoms with E-state index in [2.05, 4.69) is 5.32 Å². The Bertz CT molecular complexity index is 671. The first-order valence-electron chi connectivity index (χ1n) is 6.28. The van der Waals surface area contributed by atoms with Crippen molar-refractivity contribution < 1.29 is 14.8 Å².